The number of hydrogen-bond acceptors (Lipinski definition) is 2. The van der Waals surface area contributed by atoms with Crippen LogP contribution in [0.3, 0.4) is 0 Å². The number of alkyl halides is 1. The van der Waals surface area contributed by atoms with Gasteiger partial charge in [-0.1, -0.05) is 0 Å². The van der Waals surface area contributed by atoms with E-state index in [0.29, 0.717) is 6.54 Å². The Morgan fingerprint density at radius 2 is 2.60 bits per heavy atom. The van der Waals surface area contributed by atoms with Gasteiger partial charge in [-0.05, 0) is 19.9 Å². The lowest BCUT2D eigenvalue weighted by atomic mass is 10.1. The maximum absolute atomic E-state index is 12.9. The first-order chi connectivity index (χ1) is 4.84. The van der Waals surface area contributed by atoms with Crippen molar-refractivity contribution < 1.29 is 9.13 Å². The van der Waals surface area contributed by atoms with E-state index in [-0.39, 0.29) is 6.10 Å². The Kier molecular flexibility index (Phi) is 3.09. The van der Waals surface area contributed by atoms with E-state index in [4.69, 9.17) is 4.74 Å². The van der Waals surface area contributed by atoms with Crippen molar-refractivity contribution in [3.8, 4) is 0 Å². The molecule has 0 aromatic rings. The van der Waals surface area contributed by atoms with Crippen molar-refractivity contribution in [3.05, 3.63) is 0 Å². The maximum Gasteiger partial charge on any atom is 0.138 e. The van der Waals surface area contributed by atoms with Gasteiger partial charge >= 0.3 is 0 Å². The molecule has 60 valence electrons. The van der Waals surface area contributed by atoms with E-state index in [2.05, 4.69) is 5.32 Å². The lowest BCUT2D eigenvalue weighted by Gasteiger charge is -2.13. The minimum atomic E-state index is -0.826. The quantitative estimate of drug-likeness (QED) is 0.635. The third-order valence-corrected chi connectivity index (χ3v) is 1.77. The van der Waals surface area contributed by atoms with E-state index in [9.17, 15) is 4.39 Å². The van der Waals surface area contributed by atoms with Crippen LogP contribution in [0.15, 0.2) is 0 Å². The molecule has 1 aliphatic rings. The number of nitrogens with one attached hydrogen (secondary N) is 1. The normalized spacial score (nSPS) is 28.8. The molecule has 1 aliphatic heterocycles. The van der Waals surface area contributed by atoms with Gasteiger partial charge in [-0.25, -0.2) is 4.39 Å². The molecule has 0 aromatic heterocycles. The van der Waals surface area contributed by atoms with E-state index in [1.54, 1.807) is 7.05 Å². The molecule has 1 rings (SSSR count). The molecular weight excluding hydrogens is 133 g/mol. The van der Waals surface area contributed by atoms with E-state index in [1.807, 2.05) is 0 Å². The van der Waals surface area contributed by atoms with Crippen LogP contribution in [0.2, 0.25) is 0 Å². The van der Waals surface area contributed by atoms with E-state index in [0.717, 1.165) is 19.4 Å². The lowest BCUT2D eigenvalue weighted by Crippen LogP contribution is -2.30. The first-order valence-electron chi connectivity index (χ1n) is 3.75. The average molecular weight is 147 g/mol. The van der Waals surface area contributed by atoms with Gasteiger partial charge in [0.2, 0.25) is 0 Å². The Labute approximate surface area is 60.8 Å². The summed E-state index contributed by atoms with van der Waals surface area (Å²) in [5.41, 5.74) is 0. The van der Waals surface area contributed by atoms with Crippen molar-refractivity contribution in [1.82, 2.24) is 5.32 Å². The van der Waals surface area contributed by atoms with Gasteiger partial charge in [0, 0.05) is 13.2 Å². The SMILES string of the molecule is CNCC(F)C1CCCO1. The van der Waals surface area contributed by atoms with Crippen LogP contribution in [0.5, 0.6) is 0 Å². The van der Waals surface area contributed by atoms with Gasteiger partial charge in [-0.15, -0.1) is 0 Å². The molecule has 0 amide bonds. The summed E-state index contributed by atoms with van der Waals surface area (Å²) in [4.78, 5) is 0. The molecule has 1 saturated heterocycles. The van der Waals surface area contributed by atoms with Crippen molar-refractivity contribution in [2.24, 2.45) is 0 Å². The van der Waals surface area contributed by atoms with Crippen molar-refractivity contribution in [2.75, 3.05) is 20.2 Å². The van der Waals surface area contributed by atoms with Gasteiger partial charge in [-0.3, -0.25) is 0 Å². The molecule has 0 aliphatic carbocycles. The predicted octanol–water partition coefficient (Wildman–Crippen LogP) is 0.723. The monoisotopic (exact) mass is 147 g/mol. The lowest BCUT2D eigenvalue weighted by molar-refractivity contribution is 0.0442. The molecule has 3 heteroatoms. The standard InChI is InChI=1S/C7H14FNO/c1-9-5-6(8)7-3-2-4-10-7/h6-7,9H,2-5H2,1H3. The van der Waals surface area contributed by atoms with Gasteiger partial charge < -0.3 is 10.1 Å². The van der Waals surface area contributed by atoms with Crippen LogP contribution < -0.4 is 5.32 Å². The van der Waals surface area contributed by atoms with Crippen LogP contribution in [0.4, 0.5) is 4.39 Å². The third kappa shape index (κ3) is 1.92. The number of ether oxygens (including phenoxy) is 1. The summed E-state index contributed by atoms with van der Waals surface area (Å²) < 4.78 is 18.1. The zero-order valence-corrected chi connectivity index (χ0v) is 6.27. The molecule has 2 atom stereocenters. The molecule has 0 radical (unpaired) electrons. The van der Waals surface area contributed by atoms with Gasteiger partial charge in [0.15, 0.2) is 0 Å². The highest BCUT2D eigenvalue weighted by Gasteiger charge is 2.24. The van der Waals surface area contributed by atoms with E-state index < -0.39 is 6.17 Å². The van der Waals surface area contributed by atoms with Crippen LogP contribution in [-0.2, 0) is 4.74 Å². The summed E-state index contributed by atoms with van der Waals surface area (Å²) in [7, 11) is 1.75. The summed E-state index contributed by atoms with van der Waals surface area (Å²) in [5, 5.41) is 2.79. The zero-order chi connectivity index (χ0) is 7.40. The summed E-state index contributed by atoms with van der Waals surface area (Å²) in [6.45, 7) is 1.14. The average Bonchev–Trinajstić information content (AvgIpc) is 2.38. The predicted molar refractivity (Wildman–Crippen MR) is 37.8 cm³/mol. The third-order valence-electron chi connectivity index (χ3n) is 1.77. The summed E-state index contributed by atoms with van der Waals surface area (Å²) in [5.74, 6) is 0. The van der Waals surface area contributed by atoms with Crippen LogP contribution in [-0.4, -0.2) is 32.5 Å². The van der Waals surface area contributed by atoms with Gasteiger partial charge in [0.1, 0.15) is 6.17 Å². The molecule has 0 spiro atoms. The van der Waals surface area contributed by atoms with Crippen LogP contribution in [0.25, 0.3) is 0 Å². The first kappa shape index (κ1) is 7.95. The highest BCUT2D eigenvalue weighted by Crippen LogP contribution is 2.17. The first-order valence-corrected chi connectivity index (χ1v) is 3.75. The Morgan fingerprint density at radius 3 is 3.10 bits per heavy atom. The minimum absolute atomic E-state index is 0.146. The molecule has 1 fully saturated rings. The maximum atomic E-state index is 12.9. The highest BCUT2D eigenvalue weighted by molar-refractivity contribution is 4.74. The smallest absolute Gasteiger partial charge is 0.138 e. The van der Waals surface area contributed by atoms with Crippen LogP contribution in [0, 0.1) is 0 Å². The van der Waals surface area contributed by atoms with Crippen LogP contribution in [0.1, 0.15) is 12.8 Å². The Hall–Kier alpha value is -0.150. The molecule has 10 heavy (non-hydrogen) atoms. The highest BCUT2D eigenvalue weighted by atomic mass is 19.1. The molecular formula is C7H14FNO. The fraction of sp³-hybridized carbons (Fsp3) is 1.00. The second-order valence-corrected chi connectivity index (χ2v) is 2.63. The fourth-order valence-electron chi connectivity index (χ4n) is 1.21. The van der Waals surface area contributed by atoms with Gasteiger partial charge in [0.25, 0.3) is 0 Å². The van der Waals surface area contributed by atoms with E-state index in [1.165, 1.54) is 0 Å². The molecule has 1 heterocycles. The molecule has 0 aromatic carbocycles. The van der Waals surface area contributed by atoms with Gasteiger partial charge in [0.05, 0.1) is 6.10 Å². The molecule has 2 unspecified atom stereocenters. The summed E-state index contributed by atoms with van der Waals surface area (Å²) in [6, 6.07) is 0. The van der Waals surface area contributed by atoms with Crippen molar-refractivity contribution in [2.45, 2.75) is 25.1 Å². The number of hydrogen-bond donors (Lipinski definition) is 1. The van der Waals surface area contributed by atoms with Crippen LogP contribution >= 0.6 is 0 Å². The Morgan fingerprint density at radius 1 is 1.80 bits per heavy atom. The largest absolute Gasteiger partial charge is 0.375 e. The molecule has 2 nitrogen and oxygen atoms in total. The topological polar surface area (TPSA) is 21.3 Å². The molecule has 0 bridgehead atoms. The van der Waals surface area contributed by atoms with Crippen molar-refractivity contribution in [3.63, 3.8) is 0 Å². The molecule has 0 saturated carbocycles. The number of halogens is 1. The summed E-state index contributed by atoms with van der Waals surface area (Å²) in [6.07, 6.45) is 0.914. The van der Waals surface area contributed by atoms with Gasteiger partial charge in [-0.2, -0.15) is 0 Å². The van der Waals surface area contributed by atoms with E-state index >= 15 is 0 Å². The van der Waals surface area contributed by atoms with Crippen molar-refractivity contribution >= 4 is 0 Å². The Bertz CT molecular complexity index is 93.6. The minimum Gasteiger partial charge on any atom is -0.375 e. The fourth-order valence-corrected chi connectivity index (χ4v) is 1.21. The second kappa shape index (κ2) is 3.88. The van der Waals surface area contributed by atoms with Crippen molar-refractivity contribution in [1.29, 1.82) is 0 Å². The summed E-state index contributed by atoms with van der Waals surface area (Å²) >= 11 is 0. The molecule has 1 N–H and O–H groups in total. The Balaban J connectivity index is 2.18. The number of rotatable bonds is 3. The second-order valence-electron chi connectivity index (χ2n) is 2.63. The zero-order valence-electron chi connectivity index (χ0n) is 6.27.